The highest BCUT2D eigenvalue weighted by molar-refractivity contribution is 5.92. The monoisotopic (exact) mass is 284 g/mol. The van der Waals surface area contributed by atoms with E-state index in [-0.39, 0.29) is 12.5 Å². The van der Waals surface area contributed by atoms with Gasteiger partial charge in [0.15, 0.2) is 0 Å². The second-order valence-electron chi connectivity index (χ2n) is 5.47. The predicted octanol–water partition coefficient (Wildman–Crippen LogP) is 2.46. The van der Waals surface area contributed by atoms with Gasteiger partial charge in [-0.1, -0.05) is 30.3 Å². The highest BCUT2D eigenvalue weighted by Crippen LogP contribution is 2.36. The largest absolute Gasteiger partial charge is 0.395 e. The minimum absolute atomic E-state index is 0.00944. The Bertz CT molecular complexity index is 602. The van der Waals surface area contributed by atoms with Crippen LogP contribution in [-0.2, 0) is 6.54 Å². The van der Waals surface area contributed by atoms with Crippen LogP contribution in [0.3, 0.4) is 0 Å². The molecular weight excluding hydrogens is 264 g/mol. The Morgan fingerprint density at radius 3 is 2.62 bits per heavy atom. The molecule has 0 saturated heterocycles. The maximum absolute atomic E-state index is 12.7. The van der Waals surface area contributed by atoms with Crippen LogP contribution < -0.4 is 0 Å². The summed E-state index contributed by atoms with van der Waals surface area (Å²) in [6.07, 6.45) is 4.27. The summed E-state index contributed by atoms with van der Waals surface area (Å²) in [4.78, 5) is 14.5. The lowest BCUT2D eigenvalue weighted by atomic mass is 10.2. The molecule has 1 aliphatic carbocycles. The van der Waals surface area contributed by atoms with Gasteiger partial charge in [-0.3, -0.25) is 4.79 Å². The van der Waals surface area contributed by atoms with Gasteiger partial charge in [-0.25, -0.2) is 0 Å². The molecule has 0 spiro atoms. The van der Waals surface area contributed by atoms with Crippen molar-refractivity contribution in [1.29, 1.82) is 0 Å². The summed E-state index contributed by atoms with van der Waals surface area (Å²) in [7, 11) is 0. The molecule has 1 saturated carbocycles. The maximum atomic E-state index is 12.7. The van der Waals surface area contributed by atoms with E-state index in [0.29, 0.717) is 19.1 Å². The summed E-state index contributed by atoms with van der Waals surface area (Å²) in [5, 5.41) is 9.25. The molecule has 2 aromatic rings. The van der Waals surface area contributed by atoms with Crippen LogP contribution >= 0.6 is 0 Å². The van der Waals surface area contributed by atoms with E-state index >= 15 is 0 Å². The van der Waals surface area contributed by atoms with E-state index in [1.165, 1.54) is 0 Å². The molecule has 3 rings (SSSR count). The number of amides is 1. The Morgan fingerprint density at radius 1 is 1.19 bits per heavy atom. The number of benzene rings is 1. The Hall–Kier alpha value is -2.07. The van der Waals surface area contributed by atoms with Crippen LogP contribution in [0.1, 0.15) is 34.9 Å². The van der Waals surface area contributed by atoms with Gasteiger partial charge in [0.25, 0.3) is 5.91 Å². The fourth-order valence-electron chi connectivity index (χ4n) is 2.59. The topological polar surface area (TPSA) is 45.5 Å². The summed E-state index contributed by atoms with van der Waals surface area (Å²) in [5.74, 6) is -0.00944. The lowest BCUT2D eigenvalue weighted by Gasteiger charge is -2.22. The second-order valence-corrected chi connectivity index (χ2v) is 5.47. The van der Waals surface area contributed by atoms with Gasteiger partial charge in [0.1, 0.15) is 5.69 Å². The molecule has 0 bridgehead atoms. The normalized spacial score (nSPS) is 14.1. The van der Waals surface area contributed by atoms with Crippen molar-refractivity contribution < 1.29 is 9.90 Å². The number of aromatic nitrogens is 1. The number of hydrogen-bond acceptors (Lipinski definition) is 2. The number of nitrogens with zero attached hydrogens (tertiary/aromatic N) is 2. The van der Waals surface area contributed by atoms with E-state index in [0.717, 1.165) is 24.1 Å². The van der Waals surface area contributed by atoms with Gasteiger partial charge in [-0.15, -0.1) is 0 Å². The van der Waals surface area contributed by atoms with Gasteiger partial charge in [-0.05, 0) is 30.5 Å². The third kappa shape index (κ3) is 3.16. The molecule has 4 heteroatoms. The summed E-state index contributed by atoms with van der Waals surface area (Å²) in [5.41, 5.74) is 1.80. The van der Waals surface area contributed by atoms with E-state index < -0.39 is 0 Å². The van der Waals surface area contributed by atoms with Crippen molar-refractivity contribution in [3.8, 4) is 0 Å². The number of hydrogen-bond donors (Lipinski definition) is 1. The van der Waals surface area contributed by atoms with Crippen LogP contribution in [0, 0.1) is 0 Å². The van der Waals surface area contributed by atoms with Crippen molar-refractivity contribution in [2.24, 2.45) is 0 Å². The van der Waals surface area contributed by atoms with E-state index in [1.807, 2.05) is 48.7 Å². The average molecular weight is 284 g/mol. The lowest BCUT2D eigenvalue weighted by Crippen LogP contribution is -2.34. The van der Waals surface area contributed by atoms with Gasteiger partial charge in [0, 0.05) is 25.3 Å². The number of aliphatic hydroxyl groups is 1. The van der Waals surface area contributed by atoms with Crippen molar-refractivity contribution in [2.75, 3.05) is 13.2 Å². The van der Waals surface area contributed by atoms with E-state index in [9.17, 15) is 9.90 Å². The highest BCUT2D eigenvalue weighted by Gasteiger charge is 2.28. The first-order valence-corrected chi connectivity index (χ1v) is 7.40. The third-order valence-corrected chi connectivity index (χ3v) is 3.81. The Balaban J connectivity index is 1.79. The minimum atomic E-state index is -0.0251. The Kier molecular flexibility index (Phi) is 4.06. The first kappa shape index (κ1) is 13.9. The van der Waals surface area contributed by atoms with Crippen LogP contribution in [0.5, 0.6) is 0 Å². The molecule has 1 heterocycles. The smallest absolute Gasteiger partial charge is 0.270 e. The van der Waals surface area contributed by atoms with Crippen LogP contribution in [0.15, 0.2) is 48.7 Å². The number of rotatable bonds is 6. The molecular formula is C17H20N2O2. The fraction of sp³-hybridized carbons (Fsp3) is 0.353. The second kappa shape index (κ2) is 6.14. The summed E-state index contributed by atoms with van der Waals surface area (Å²) < 4.78 is 2.07. The molecule has 1 aromatic heterocycles. The van der Waals surface area contributed by atoms with Gasteiger partial charge in [0.2, 0.25) is 0 Å². The molecule has 21 heavy (non-hydrogen) atoms. The summed E-state index contributed by atoms with van der Waals surface area (Å²) in [6.45, 7) is 0.850. The SMILES string of the molecule is O=C(c1cccn1C1CC1)N(CCO)Cc1ccccc1. The molecule has 0 aliphatic heterocycles. The van der Waals surface area contributed by atoms with Crippen molar-refractivity contribution in [3.63, 3.8) is 0 Å². The number of carbonyl (C=O) groups is 1. The van der Waals surface area contributed by atoms with Gasteiger partial charge in [0.05, 0.1) is 6.61 Å². The quantitative estimate of drug-likeness (QED) is 0.885. The standard InChI is InChI=1S/C17H20N2O2/c20-12-11-18(13-14-5-2-1-3-6-14)17(21)16-7-4-10-19(16)15-8-9-15/h1-7,10,15,20H,8-9,11-13H2. The van der Waals surface area contributed by atoms with Crippen LogP contribution in [0.2, 0.25) is 0 Å². The number of carbonyl (C=O) groups excluding carboxylic acids is 1. The zero-order valence-corrected chi connectivity index (χ0v) is 12.0. The van der Waals surface area contributed by atoms with E-state index in [1.54, 1.807) is 4.90 Å². The Labute approximate surface area is 124 Å². The zero-order chi connectivity index (χ0) is 14.7. The van der Waals surface area contributed by atoms with Crippen molar-refractivity contribution >= 4 is 5.91 Å². The minimum Gasteiger partial charge on any atom is -0.395 e. The molecule has 0 radical (unpaired) electrons. The maximum Gasteiger partial charge on any atom is 0.270 e. The van der Waals surface area contributed by atoms with Crippen molar-refractivity contribution in [3.05, 3.63) is 59.9 Å². The first-order chi connectivity index (χ1) is 10.3. The molecule has 1 amide bonds. The van der Waals surface area contributed by atoms with Gasteiger partial charge < -0.3 is 14.6 Å². The van der Waals surface area contributed by atoms with Crippen LogP contribution in [0.4, 0.5) is 0 Å². The van der Waals surface area contributed by atoms with Crippen LogP contribution in [0.25, 0.3) is 0 Å². The van der Waals surface area contributed by atoms with Crippen molar-refractivity contribution in [1.82, 2.24) is 9.47 Å². The molecule has 0 unspecified atom stereocenters. The zero-order valence-electron chi connectivity index (χ0n) is 12.0. The van der Waals surface area contributed by atoms with E-state index in [2.05, 4.69) is 4.57 Å². The molecule has 1 fully saturated rings. The number of aliphatic hydroxyl groups excluding tert-OH is 1. The van der Waals surface area contributed by atoms with E-state index in [4.69, 9.17) is 0 Å². The molecule has 110 valence electrons. The van der Waals surface area contributed by atoms with Gasteiger partial charge >= 0.3 is 0 Å². The molecule has 1 aromatic carbocycles. The molecule has 4 nitrogen and oxygen atoms in total. The predicted molar refractivity (Wildman–Crippen MR) is 81.0 cm³/mol. The molecule has 1 aliphatic rings. The molecule has 1 N–H and O–H groups in total. The average Bonchev–Trinajstić information content (AvgIpc) is 3.24. The fourth-order valence-corrected chi connectivity index (χ4v) is 2.59. The lowest BCUT2D eigenvalue weighted by molar-refractivity contribution is 0.0696. The third-order valence-electron chi connectivity index (χ3n) is 3.81. The molecule has 0 atom stereocenters. The highest BCUT2D eigenvalue weighted by atomic mass is 16.3. The summed E-state index contributed by atoms with van der Waals surface area (Å²) in [6, 6.07) is 14.1. The first-order valence-electron chi connectivity index (χ1n) is 7.40. The Morgan fingerprint density at radius 2 is 1.95 bits per heavy atom. The van der Waals surface area contributed by atoms with Gasteiger partial charge in [-0.2, -0.15) is 0 Å². The van der Waals surface area contributed by atoms with Crippen LogP contribution in [-0.4, -0.2) is 33.6 Å². The summed E-state index contributed by atoms with van der Waals surface area (Å²) >= 11 is 0. The van der Waals surface area contributed by atoms with Crippen molar-refractivity contribution in [2.45, 2.75) is 25.4 Å².